The van der Waals surface area contributed by atoms with Crippen molar-refractivity contribution in [1.29, 1.82) is 0 Å². The Morgan fingerprint density at radius 2 is 1.08 bits per heavy atom. The highest BCUT2D eigenvalue weighted by Gasteiger charge is 2.32. The Labute approximate surface area is 144 Å². The molecule has 0 heterocycles. The van der Waals surface area contributed by atoms with Gasteiger partial charge in [0.15, 0.2) is 0 Å². The molecule has 10 heteroatoms. The largest absolute Gasteiger partial charge is 0.465 e. The number of aliphatic hydroxyl groups is 6. The summed E-state index contributed by atoms with van der Waals surface area (Å²) < 4.78 is 9.61. The van der Waals surface area contributed by atoms with E-state index in [-0.39, 0.29) is 5.57 Å². The maximum Gasteiger partial charge on any atom is 0.334 e. The minimum absolute atomic E-state index is 0.268. The van der Waals surface area contributed by atoms with Crippen LogP contribution in [0.3, 0.4) is 0 Å². The number of aliphatic hydroxyl groups excluding tert-OH is 6. The van der Waals surface area contributed by atoms with Crippen LogP contribution in [-0.4, -0.2) is 95.4 Å². The molecule has 0 aliphatic rings. The second kappa shape index (κ2) is 11.1. The standard InChI is InChI=1S/C15H26O10/c1-11(13(23)25-10-15(6-19,7-20)8-21)2-12(22)24-9-14(3-16,4-17)5-18/h16-21H,1-10H2. The Morgan fingerprint density at radius 1 is 0.720 bits per heavy atom. The smallest absolute Gasteiger partial charge is 0.334 e. The van der Waals surface area contributed by atoms with Crippen LogP contribution in [0.2, 0.25) is 0 Å². The van der Waals surface area contributed by atoms with E-state index in [1.807, 2.05) is 0 Å². The molecular formula is C15H26O10. The summed E-state index contributed by atoms with van der Waals surface area (Å²) in [5.41, 5.74) is -3.06. The minimum Gasteiger partial charge on any atom is -0.465 e. The third-order valence-electron chi connectivity index (χ3n) is 3.71. The van der Waals surface area contributed by atoms with Crippen LogP contribution in [0.4, 0.5) is 0 Å². The normalized spacial score (nSPS) is 11.9. The SMILES string of the molecule is C=C(CC(=O)OCC(CO)(CO)CO)C(=O)OCC(CO)(CO)CO. The van der Waals surface area contributed by atoms with Crippen LogP contribution in [0.25, 0.3) is 0 Å². The highest BCUT2D eigenvalue weighted by atomic mass is 16.5. The first-order valence-electron chi connectivity index (χ1n) is 7.43. The summed E-state index contributed by atoms with van der Waals surface area (Å²) in [5, 5.41) is 54.7. The summed E-state index contributed by atoms with van der Waals surface area (Å²) in [5.74, 6) is -1.87. The van der Waals surface area contributed by atoms with Gasteiger partial charge in [0.05, 0.1) is 56.9 Å². The Hall–Kier alpha value is -1.56. The van der Waals surface area contributed by atoms with Crippen molar-refractivity contribution in [1.82, 2.24) is 0 Å². The number of carbonyl (C=O) groups excluding carboxylic acids is 2. The first-order valence-corrected chi connectivity index (χ1v) is 7.43. The van der Waals surface area contributed by atoms with Gasteiger partial charge in [0.25, 0.3) is 0 Å². The van der Waals surface area contributed by atoms with Crippen molar-refractivity contribution in [3.05, 3.63) is 12.2 Å². The summed E-state index contributed by atoms with van der Waals surface area (Å²) in [7, 11) is 0. The summed E-state index contributed by atoms with van der Waals surface area (Å²) in [6, 6.07) is 0. The summed E-state index contributed by atoms with van der Waals surface area (Å²) in [6.07, 6.45) is -0.540. The molecule has 0 aromatic rings. The van der Waals surface area contributed by atoms with Gasteiger partial charge in [0.1, 0.15) is 13.2 Å². The van der Waals surface area contributed by atoms with Crippen molar-refractivity contribution in [3.63, 3.8) is 0 Å². The molecule has 6 N–H and O–H groups in total. The van der Waals surface area contributed by atoms with E-state index >= 15 is 0 Å². The van der Waals surface area contributed by atoms with Gasteiger partial charge in [-0.3, -0.25) is 4.79 Å². The van der Waals surface area contributed by atoms with Crippen LogP contribution >= 0.6 is 0 Å². The second-order valence-electron chi connectivity index (χ2n) is 5.97. The minimum atomic E-state index is -1.40. The topological polar surface area (TPSA) is 174 Å². The first kappa shape index (κ1) is 23.4. The Kier molecular flexibility index (Phi) is 10.4. The number of ether oxygens (including phenoxy) is 2. The van der Waals surface area contributed by atoms with Crippen molar-refractivity contribution < 1.29 is 49.7 Å². The van der Waals surface area contributed by atoms with Crippen molar-refractivity contribution in [3.8, 4) is 0 Å². The van der Waals surface area contributed by atoms with Gasteiger partial charge in [0.2, 0.25) is 0 Å². The molecule has 0 aromatic heterocycles. The first-order chi connectivity index (χ1) is 11.8. The molecule has 0 aliphatic heterocycles. The fourth-order valence-electron chi connectivity index (χ4n) is 1.43. The van der Waals surface area contributed by atoms with E-state index in [9.17, 15) is 9.59 Å². The Morgan fingerprint density at radius 3 is 1.44 bits per heavy atom. The lowest BCUT2D eigenvalue weighted by molar-refractivity contribution is -0.154. The number of esters is 2. The van der Waals surface area contributed by atoms with Crippen molar-refractivity contribution in [2.24, 2.45) is 10.8 Å². The van der Waals surface area contributed by atoms with Crippen molar-refractivity contribution >= 4 is 11.9 Å². The fourth-order valence-corrected chi connectivity index (χ4v) is 1.43. The third-order valence-corrected chi connectivity index (χ3v) is 3.71. The quantitative estimate of drug-likeness (QED) is 0.145. The number of carbonyl (C=O) groups is 2. The maximum atomic E-state index is 11.7. The molecule has 0 bridgehead atoms. The number of hydrogen-bond acceptors (Lipinski definition) is 10. The molecule has 0 atom stereocenters. The van der Waals surface area contributed by atoms with E-state index in [2.05, 4.69) is 6.58 Å². The third kappa shape index (κ3) is 7.06. The highest BCUT2D eigenvalue weighted by molar-refractivity contribution is 5.93. The van der Waals surface area contributed by atoms with E-state index in [0.29, 0.717) is 0 Å². The van der Waals surface area contributed by atoms with Gasteiger partial charge < -0.3 is 40.1 Å². The molecule has 0 aromatic carbocycles. The fraction of sp³-hybridized carbons (Fsp3) is 0.733. The van der Waals surface area contributed by atoms with Gasteiger partial charge in [-0.1, -0.05) is 6.58 Å². The van der Waals surface area contributed by atoms with Crippen LogP contribution < -0.4 is 0 Å². The maximum absolute atomic E-state index is 11.7. The van der Waals surface area contributed by atoms with Gasteiger partial charge in [0, 0.05) is 5.57 Å². The van der Waals surface area contributed by atoms with E-state index < -0.39 is 82.0 Å². The van der Waals surface area contributed by atoms with E-state index in [0.717, 1.165) is 0 Å². The molecule has 0 fully saturated rings. The molecule has 0 aliphatic carbocycles. The van der Waals surface area contributed by atoms with Crippen LogP contribution in [-0.2, 0) is 19.1 Å². The monoisotopic (exact) mass is 366 g/mol. The number of hydrogen-bond donors (Lipinski definition) is 6. The second-order valence-corrected chi connectivity index (χ2v) is 5.97. The van der Waals surface area contributed by atoms with Crippen LogP contribution in [0.1, 0.15) is 6.42 Å². The highest BCUT2D eigenvalue weighted by Crippen LogP contribution is 2.18. The number of rotatable bonds is 13. The molecule has 0 rings (SSSR count). The van der Waals surface area contributed by atoms with Gasteiger partial charge in [-0.25, -0.2) is 4.79 Å². The molecule has 0 amide bonds. The lowest BCUT2D eigenvalue weighted by Crippen LogP contribution is -2.40. The summed E-state index contributed by atoms with van der Waals surface area (Å²) in [4.78, 5) is 23.4. The molecule has 0 unspecified atom stereocenters. The van der Waals surface area contributed by atoms with Gasteiger partial charge >= 0.3 is 11.9 Å². The van der Waals surface area contributed by atoms with Crippen LogP contribution in [0.15, 0.2) is 12.2 Å². The van der Waals surface area contributed by atoms with Gasteiger partial charge in [-0.15, -0.1) is 0 Å². The predicted octanol–water partition coefficient (Wildman–Crippen LogP) is -3.05. The summed E-state index contributed by atoms with van der Waals surface area (Å²) in [6.45, 7) is -1.25. The molecule has 0 spiro atoms. The van der Waals surface area contributed by atoms with Crippen molar-refractivity contribution in [2.45, 2.75) is 6.42 Å². The van der Waals surface area contributed by atoms with Gasteiger partial charge in [-0.05, 0) is 0 Å². The zero-order valence-corrected chi connectivity index (χ0v) is 13.9. The molecular weight excluding hydrogens is 340 g/mol. The van der Waals surface area contributed by atoms with Crippen LogP contribution in [0, 0.1) is 10.8 Å². The van der Waals surface area contributed by atoms with Gasteiger partial charge in [-0.2, -0.15) is 0 Å². The molecule has 146 valence electrons. The molecule has 10 nitrogen and oxygen atoms in total. The van der Waals surface area contributed by atoms with E-state index in [4.69, 9.17) is 40.1 Å². The van der Waals surface area contributed by atoms with E-state index in [1.54, 1.807) is 0 Å². The molecule has 0 saturated carbocycles. The average Bonchev–Trinajstić information content (AvgIpc) is 2.64. The zero-order chi connectivity index (χ0) is 19.5. The lowest BCUT2D eigenvalue weighted by Gasteiger charge is -2.27. The molecule has 0 saturated heterocycles. The summed E-state index contributed by atoms with van der Waals surface area (Å²) >= 11 is 0. The predicted molar refractivity (Wildman–Crippen MR) is 83.1 cm³/mol. The molecule has 25 heavy (non-hydrogen) atoms. The van der Waals surface area contributed by atoms with Crippen molar-refractivity contribution in [2.75, 3.05) is 52.9 Å². The zero-order valence-electron chi connectivity index (χ0n) is 13.9. The Bertz CT molecular complexity index is 423. The average molecular weight is 366 g/mol. The lowest BCUT2D eigenvalue weighted by atomic mass is 9.92. The van der Waals surface area contributed by atoms with E-state index in [1.165, 1.54) is 0 Å². The van der Waals surface area contributed by atoms with Crippen LogP contribution in [0.5, 0.6) is 0 Å². The Balaban J connectivity index is 4.48. The molecule has 0 radical (unpaired) electrons.